The second-order valence-corrected chi connectivity index (χ2v) is 3.06. The van der Waals surface area contributed by atoms with Crippen molar-refractivity contribution in [1.82, 2.24) is 5.32 Å². The Hall–Kier alpha value is -1.06. The van der Waals surface area contributed by atoms with Gasteiger partial charge in [0.1, 0.15) is 0 Å². The lowest BCUT2D eigenvalue weighted by Gasteiger charge is -2.03. The molecule has 0 atom stereocenters. The maximum absolute atomic E-state index is 5.57. The smallest absolute Gasteiger partial charge is 0.0314 e. The van der Waals surface area contributed by atoms with Crippen molar-refractivity contribution in [2.45, 2.75) is 13.0 Å². The molecular formula is C10H17N3. The molecule has 0 saturated heterocycles. The Morgan fingerprint density at radius 2 is 1.85 bits per heavy atom. The zero-order chi connectivity index (χ0) is 9.52. The fourth-order valence-electron chi connectivity index (χ4n) is 1.10. The van der Waals surface area contributed by atoms with E-state index in [4.69, 9.17) is 11.5 Å². The minimum Gasteiger partial charge on any atom is -0.399 e. The molecule has 1 rings (SSSR count). The van der Waals surface area contributed by atoms with E-state index in [0.29, 0.717) is 0 Å². The molecule has 0 bridgehead atoms. The van der Waals surface area contributed by atoms with Crippen LogP contribution < -0.4 is 16.8 Å². The van der Waals surface area contributed by atoms with Gasteiger partial charge in [0.25, 0.3) is 0 Å². The van der Waals surface area contributed by atoms with E-state index < -0.39 is 0 Å². The third-order valence-corrected chi connectivity index (χ3v) is 1.87. The van der Waals surface area contributed by atoms with Crippen LogP contribution in [0.1, 0.15) is 12.0 Å². The highest BCUT2D eigenvalue weighted by molar-refractivity contribution is 5.39. The number of anilines is 1. The Morgan fingerprint density at radius 3 is 2.46 bits per heavy atom. The lowest BCUT2D eigenvalue weighted by atomic mass is 10.2. The molecule has 3 nitrogen and oxygen atoms in total. The van der Waals surface area contributed by atoms with Crippen molar-refractivity contribution >= 4 is 5.69 Å². The van der Waals surface area contributed by atoms with E-state index in [1.807, 2.05) is 24.3 Å². The summed E-state index contributed by atoms with van der Waals surface area (Å²) in [5.74, 6) is 0. The Bertz CT molecular complexity index is 230. The van der Waals surface area contributed by atoms with Crippen LogP contribution in [0.15, 0.2) is 24.3 Å². The molecule has 0 amide bonds. The van der Waals surface area contributed by atoms with Crippen LogP contribution in [-0.2, 0) is 6.54 Å². The van der Waals surface area contributed by atoms with E-state index in [9.17, 15) is 0 Å². The Labute approximate surface area is 79.1 Å². The molecule has 5 N–H and O–H groups in total. The average molecular weight is 179 g/mol. The van der Waals surface area contributed by atoms with Crippen LogP contribution in [0.4, 0.5) is 5.69 Å². The topological polar surface area (TPSA) is 64.1 Å². The molecule has 0 aliphatic rings. The van der Waals surface area contributed by atoms with Gasteiger partial charge < -0.3 is 16.8 Å². The van der Waals surface area contributed by atoms with Gasteiger partial charge in [-0.1, -0.05) is 12.1 Å². The second-order valence-electron chi connectivity index (χ2n) is 3.06. The molecule has 1 aromatic carbocycles. The number of rotatable bonds is 5. The number of nitrogen functional groups attached to an aromatic ring is 1. The Morgan fingerprint density at radius 1 is 1.15 bits per heavy atom. The summed E-state index contributed by atoms with van der Waals surface area (Å²) in [4.78, 5) is 0. The maximum atomic E-state index is 5.57. The number of nitrogens with two attached hydrogens (primary N) is 2. The summed E-state index contributed by atoms with van der Waals surface area (Å²) in [5.41, 5.74) is 13.0. The van der Waals surface area contributed by atoms with Gasteiger partial charge in [0, 0.05) is 12.2 Å². The third kappa shape index (κ3) is 3.92. The molecule has 0 fully saturated rings. The van der Waals surface area contributed by atoms with Gasteiger partial charge in [-0.3, -0.25) is 0 Å². The van der Waals surface area contributed by atoms with Crippen molar-refractivity contribution in [3.8, 4) is 0 Å². The first-order chi connectivity index (χ1) is 6.33. The van der Waals surface area contributed by atoms with Crippen LogP contribution in [0, 0.1) is 0 Å². The second kappa shape index (κ2) is 5.56. The summed E-state index contributed by atoms with van der Waals surface area (Å²) < 4.78 is 0. The predicted octanol–water partition coefficient (Wildman–Crippen LogP) is 0.707. The molecule has 0 aliphatic carbocycles. The molecule has 0 radical (unpaired) electrons. The third-order valence-electron chi connectivity index (χ3n) is 1.87. The first-order valence-electron chi connectivity index (χ1n) is 4.58. The molecule has 0 saturated carbocycles. The molecule has 13 heavy (non-hydrogen) atoms. The normalized spacial score (nSPS) is 10.2. The minimum atomic E-state index is 0.745. The number of hydrogen-bond acceptors (Lipinski definition) is 3. The first-order valence-corrected chi connectivity index (χ1v) is 4.58. The van der Waals surface area contributed by atoms with Gasteiger partial charge in [-0.15, -0.1) is 0 Å². The fraction of sp³-hybridized carbons (Fsp3) is 0.400. The lowest BCUT2D eigenvalue weighted by Crippen LogP contribution is -2.17. The monoisotopic (exact) mass is 179 g/mol. The van der Waals surface area contributed by atoms with Crippen molar-refractivity contribution < 1.29 is 0 Å². The van der Waals surface area contributed by atoms with Crippen LogP contribution >= 0.6 is 0 Å². The molecule has 0 aromatic heterocycles. The van der Waals surface area contributed by atoms with Crippen molar-refractivity contribution in [1.29, 1.82) is 0 Å². The van der Waals surface area contributed by atoms with Crippen LogP contribution in [-0.4, -0.2) is 13.1 Å². The summed E-state index contributed by atoms with van der Waals surface area (Å²) in [6, 6.07) is 7.90. The van der Waals surface area contributed by atoms with Gasteiger partial charge in [-0.25, -0.2) is 0 Å². The van der Waals surface area contributed by atoms with Crippen LogP contribution in [0.5, 0.6) is 0 Å². The average Bonchev–Trinajstić information content (AvgIpc) is 2.15. The van der Waals surface area contributed by atoms with E-state index in [2.05, 4.69) is 5.32 Å². The minimum absolute atomic E-state index is 0.745. The van der Waals surface area contributed by atoms with E-state index in [1.165, 1.54) is 5.56 Å². The molecule has 0 heterocycles. The first kappa shape index (κ1) is 10.0. The van der Waals surface area contributed by atoms with Gasteiger partial charge >= 0.3 is 0 Å². The van der Waals surface area contributed by atoms with E-state index in [1.54, 1.807) is 0 Å². The molecule has 3 heteroatoms. The molecular weight excluding hydrogens is 162 g/mol. The molecule has 0 aliphatic heterocycles. The van der Waals surface area contributed by atoms with E-state index in [0.717, 1.165) is 31.7 Å². The predicted molar refractivity (Wildman–Crippen MR) is 56.2 cm³/mol. The van der Waals surface area contributed by atoms with Crippen molar-refractivity contribution in [2.75, 3.05) is 18.8 Å². The van der Waals surface area contributed by atoms with E-state index in [-0.39, 0.29) is 0 Å². The number of benzene rings is 1. The molecule has 1 aromatic rings. The van der Waals surface area contributed by atoms with Crippen LogP contribution in [0.2, 0.25) is 0 Å². The Balaban J connectivity index is 2.25. The Kier molecular flexibility index (Phi) is 4.29. The number of nitrogens with one attached hydrogen (secondary N) is 1. The van der Waals surface area contributed by atoms with Crippen LogP contribution in [0.3, 0.4) is 0 Å². The summed E-state index contributed by atoms with van der Waals surface area (Å²) in [5, 5.41) is 3.30. The van der Waals surface area contributed by atoms with Crippen molar-refractivity contribution in [3.63, 3.8) is 0 Å². The highest BCUT2D eigenvalue weighted by Crippen LogP contribution is 2.04. The number of hydrogen-bond donors (Lipinski definition) is 3. The zero-order valence-corrected chi connectivity index (χ0v) is 7.79. The quantitative estimate of drug-likeness (QED) is 0.460. The van der Waals surface area contributed by atoms with Gasteiger partial charge in [-0.05, 0) is 37.2 Å². The summed E-state index contributed by atoms with van der Waals surface area (Å²) >= 11 is 0. The SMILES string of the molecule is NCCCNCc1ccc(N)cc1. The fourth-order valence-corrected chi connectivity index (χ4v) is 1.10. The molecule has 0 spiro atoms. The van der Waals surface area contributed by atoms with Crippen molar-refractivity contribution in [3.05, 3.63) is 29.8 Å². The zero-order valence-electron chi connectivity index (χ0n) is 7.79. The maximum Gasteiger partial charge on any atom is 0.0314 e. The van der Waals surface area contributed by atoms with Gasteiger partial charge in [0.15, 0.2) is 0 Å². The summed E-state index contributed by atoms with van der Waals surface area (Å²) in [7, 11) is 0. The molecule has 72 valence electrons. The van der Waals surface area contributed by atoms with Gasteiger partial charge in [0.2, 0.25) is 0 Å². The summed E-state index contributed by atoms with van der Waals surface area (Å²) in [6.07, 6.45) is 1.02. The van der Waals surface area contributed by atoms with Gasteiger partial charge in [-0.2, -0.15) is 0 Å². The van der Waals surface area contributed by atoms with Gasteiger partial charge in [0.05, 0.1) is 0 Å². The highest BCUT2D eigenvalue weighted by Gasteiger charge is 1.91. The van der Waals surface area contributed by atoms with Crippen molar-refractivity contribution in [2.24, 2.45) is 5.73 Å². The van der Waals surface area contributed by atoms with E-state index >= 15 is 0 Å². The molecule has 0 unspecified atom stereocenters. The largest absolute Gasteiger partial charge is 0.399 e. The lowest BCUT2D eigenvalue weighted by molar-refractivity contribution is 0.655. The van der Waals surface area contributed by atoms with Crippen LogP contribution in [0.25, 0.3) is 0 Å². The standard InChI is InChI=1S/C10H17N3/c11-6-1-7-13-8-9-2-4-10(12)5-3-9/h2-5,13H,1,6-8,11-12H2. The summed E-state index contributed by atoms with van der Waals surface area (Å²) in [6.45, 7) is 2.61. The highest BCUT2D eigenvalue weighted by atomic mass is 14.8.